The maximum Gasteiger partial charge on any atom is 0.260 e. The van der Waals surface area contributed by atoms with E-state index in [9.17, 15) is 8.42 Å². The quantitative estimate of drug-likeness (QED) is 0.814. The van der Waals surface area contributed by atoms with Gasteiger partial charge < -0.3 is 5.73 Å². The summed E-state index contributed by atoms with van der Waals surface area (Å²) >= 11 is 1.57. The van der Waals surface area contributed by atoms with Crippen LogP contribution in [0, 0.1) is 0 Å². The summed E-state index contributed by atoms with van der Waals surface area (Å²) in [5, 5.41) is -0.108. The van der Waals surface area contributed by atoms with Crippen LogP contribution in [0.25, 0.3) is 0 Å². The Bertz CT molecular complexity index is 448. The molecule has 0 saturated heterocycles. The number of pyridine rings is 1. The summed E-state index contributed by atoms with van der Waals surface area (Å²) in [5.41, 5.74) is 5.73. The van der Waals surface area contributed by atoms with E-state index in [1.807, 2.05) is 6.26 Å². The summed E-state index contributed by atoms with van der Waals surface area (Å²) < 4.78 is 26.3. The van der Waals surface area contributed by atoms with Gasteiger partial charge in [0.05, 0.1) is 5.69 Å². The first-order valence-electron chi connectivity index (χ1n) is 4.69. The van der Waals surface area contributed by atoms with Crippen LogP contribution in [-0.2, 0) is 10.0 Å². The molecule has 0 radical (unpaired) electrons. The number of rotatable bonds is 5. The number of nitrogens with zero attached hydrogens (tertiary/aromatic N) is 1. The van der Waals surface area contributed by atoms with E-state index >= 15 is 0 Å². The van der Waals surface area contributed by atoms with Gasteiger partial charge in [0.15, 0.2) is 5.03 Å². The van der Waals surface area contributed by atoms with E-state index in [1.165, 1.54) is 12.3 Å². The number of hydrogen-bond acceptors (Lipinski definition) is 5. The van der Waals surface area contributed by atoms with Gasteiger partial charge in [0.1, 0.15) is 0 Å². The van der Waals surface area contributed by atoms with Gasteiger partial charge in [0.2, 0.25) is 0 Å². The number of hydrogen-bond donors (Lipinski definition) is 2. The van der Waals surface area contributed by atoms with E-state index in [0.29, 0.717) is 5.75 Å². The molecule has 0 aliphatic carbocycles. The van der Waals surface area contributed by atoms with Crippen molar-refractivity contribution in [3.8, 4) is 0 Å². The SMILES string of the molecule is CSCC(C)NS(=O)(=O)c1ncccc1N. The summed E-state index contributed by atoms with van der Waals surface area (Å²) in [7, 11) is -3.61. The zero-order valence-electron chi connectivity index (χ0n) is 9.17. The molecule has 5 nitrogen and oxygen atoms in total. The first kappa shape index (κ1) is 13.3. The summed E-state index contributed by atoms with van der Waals surface area (Å²) in [6.45, 7) is 1.80. The summed E-state index contributed by atoms with van der Waals surface area (Å²) in [6.07, 6.45) is 3.32. The lowest BCUT2D eigenvalue weighted by molar-refractivity contribution is 0.568. The molecule has 1 heterocycles. The molecule has 1 rings (SSSR count). The Morgan fingerprint density at radius 1 is 1.62 bits per heavy atom. The largest absolute Gasteiger partial charge is 0.396 e. The lowest BCUT2D eigenvalue weighted by atomic mass is 10.4. The molecule has 1 aromatic heterocycles. The van der Waals surface area contributed by atoms with Crippen LogP contribution in [0.15, 0.2) is 23.4 Å². The van der Waals surface area contributed by atoms with E-state index in [2.05, 4.69) is 9.71 Å². The molecule has 7 heteroatoms. The highest BCUT2D eigenvalue weighted by molar-refractivity contribution is 7.98. The van der Waals surface area contributed by atoms with Crippen molar-refractivity contribution in [1.29, 1.82) is 0 Å². The maximum atomic E-state index is 11.9. The van der Waals surface area contributed by atoms with Crippen LogP contribution in [0.4, 0.5) is 5.69 Å². The second-order valence-corrected chi connectivity index (χ2v) is 5.92. The third-order valence-corrected chi connectivity index (χ3v) is 4.22. The van der Waals surface area contributed by atoms with Crippen LogP contribution in [0.1, 0.15) is 6.92 Å². The Labute approximate surface area is 99.9 Å². The van der Waals surface area contributed by atoms with Crippen molar-refractivity contribution in [2.24, 2.45) is 0 Å². The minimum atomic E-state index is -3.61. The average Bonchev–Trinajstić information content (AvgIpc) is 2.17. The normalized spacial score (nSPS) is 13.6. The van der Waals surface area contributed by atoms with Gasteiger partial charge in [-0.15, -0.1) is 0 Å². The molecule has 16 heavy (non-hydrogen) atoms. The highest BCUT2D eigenvalue weighted by Gasteiger charge is 2.20. The Kier molecular flexibility index (Phi) is 4.57. The van der Waals surface area contributed by atoms with Crippen LogP contribution in [0.3, 0.4) is 0 Å². The number of nitrogens with one attached hydrogen (secondary N) is 1. The summed E-state index contributed by atoms with van der Waals surface area (Å²) in [5.74, 6) is 0.700. The zero-order chi connectivity index (χ0) is 12.2. The third-order valence-electron chi connectivity index (χ3n) is 1.83. The Hall–Kier alpha value is -0.790. The first-order chi connectivity index (χ1) is 7.47. The minimum absolute atomic E-state index is 0.108. The predicted octanol–water partition coefficient (Wildman–Crippen LogP) is 0.694. The second kappa shape index (κ2) is 5.51. The maximum absolute atomic E-state index is 11.9. The molecule has 90 valence electrons. The molecule has 0 aliphatic rings. The summed E-state index contributed by atoms with van der Waals surface area (Å²) in [4.78, 5) is 3.78. The van der Waals surface area contributed by atoms with Gasteiger partial charge in [0.25, 0.3) is 10.0 Å². The fraction of sp³-hybridized carbons (Fsp3) is 0.444. The Balaban J connectivity index is 2.91. The number of thioether (sulfide) groups is 1. The number of nitrogens with two attached hydrogens (primary N) is 1. The van der Waals surface area contributed by atoms with Crippen LogP contribution < -0.4 is 10.5 Å². The lowest BCUT2D eigenvalue weighted by Gasteiger charge is -2.13. The molecule has 0 aliphatic heterocycles. The monoisotopic (exact) mass is 261 g/mol. The van der Waals surface area contributed by atoms with Crippen molar-refractivity contribution in [3.63, 3.8) is 0 Å². The molecule has 1 unspecified atom stereocenters. The molecular weight excluding hydrogens is 246 g/mol. The molecule has 3 N–H and O–H groups in total. The number of sulfonamides is 1. The summed E-state index contributed by atoms with van der Waals surface area (Å²) in [6, 6.07) is 2.96. The van der Waals surface area contributed by atoms with Crippen molar-refractivity contribution in [1.82, 2.24) is 9.71 Å². The second-order valence-electron chi connectivity index (χ2n) is 3.38. The standard InChI is InChI=1S/C9H15N3O2S2/c1-7(6-15-2)12-16(13,14)9-8(10)4-3-5-11-9/h3-5,7,12H,6,10H2,1-2H3. The van der Waals surface area contributed by atoms with Gasteiger partial charge in [-0.2, -0.15) is 11.8 Å². The first-order valence-corrected chi connectivity index (χ1v) is 7.57. The van der Waals surface area contributed by atoms with Crippen LogP contribution >= 0.6 is 11.8 Å². The molecule has 0 aromatic carbocycles. The van der Waals surface area contributed by atoms with E-state index in [-0.39, 0.29) is 16.8 Å². The van der Waals surface area contributed by atoms with Gasteiger partial charge in [-0.1, -0.05) is 0 Å². The zero-order valence-corrected chi connectivity index (χ0v) is 10.8. The van der Waals surface area contributed by atoms with Crippen molar-refractivity contribution >= 4 is 27.5 Å². The van der Waals surface area contributed by atoms with E-state index in [1.54, 1.807) is 24.8 Å². The molecule has 1 aromatic rings. The molecular formula is C9H15N3O2S2. The van der Waals surface area contributed by atoms with E-state index < -0.39 is 10.0 Å². The lowest BCUT2D eigenvalue weighted by Crippen LogP contribution is -2.35. The van der Waals surface area contributed by atoms with Gasteiger partial charge in [-0.25, -0.2) is 18.1 Å². The van der Waals surface area contributed by atoms with Crippen LogP contribution in [-0.4, -0.2) is 31.5 Å². The van der Waals surface area contributed by atoms with Crippen LogP contribution in [0.5, 0.6) is 0 Å². The number of nitrogen functional groups attached to an aromatic ring is 1. The fourth-order valence-corrected chi connectivity index (χ4v) is 3.22. The smallest absolute Gasteiger partial charge is 0.260 e. The topological polar surface area (TPSA) is 85.1 Å². The van der Waals surface area contributed by atoms with Crippen molar-refractivity contribution in [3.05, 3.63) is 18.3 Å². The molecule has 1 atom stereocenters. The molecule has 0 amide bonds. The number of aromatic nitrogens is 1. The molecule has 0 saturated carbocycles. The predicted molar refractivity (Wildman–Crippen MR) is 66.8 cm³/mol. The van der Waals surface area contributed by atoms with Gasteiger partial charge in [-0.3, -0.25) is 0 Å². The Morgan fingerprint density at radius 3 is 2.88 bits per heavy atom. The molecule has 0 fully saturated rings. The van der Waals surface area contributed by atoms with Crippen molar-refractivity contribution in [2.45, 2.75) is 18.0 Å². The van der Waals surface area contributed by atoms with E-state index in [0.717, 1.165) is 0 Å². The highest BCUT2D eigenvalue weighted by Crippen LogP contribution is 2.14. The number of anilines is 1. The molecule has 0 spiro atoms. The van der Waals surface area contributed by atoms with Gasteiger partial charge in [0, 0.05) is 18.0 Å². The van der Waals surface area contributed by atoms with Crippen molar-refractivity contribution < 1.29 is 8.42 Å². The minimum Gasteiger partial charge on any atom is -0.396 e. The van der Waals surface area contributed by atoms with Crippen molar-refractivity contribution in [2.75, 3.05) is 17.7 Å². The average molecular weight is 261 g/mol. The fourth-order valence-electron chi connectivity index (χ4n) is 1.23. The van der Waals surface area contributed by atoms with Gasteiger partial charge in [-0.05, 0) is 25.3 Å². The third kappa shape index (κ3) is 3.36. The molecule has 0 bridgehead atoms. The van der Waals surface area contributed by atoms with Crippen LogP contribution in [0.2, 0.25) is 0 Å². The van der Waals surface area contributed by atoms with E-state index in [4.69, 9.17) is 5.73 Å². The highest BCUT2D eigenvalue weighted by atomic mass is 32.2. The Morgan fingerprint density at radius 2 is 2.31 bits per heavy atom. The van der Waals surface area contributed by atoms with Gasteiger partial charge >= 0.3 is 0 Å².